The molecule has 4 heteroatoms. The van der Waals surface area contributed by atoms with E-state index in [4.69, 9.17) is 5.11 Å². The van der Waals surface area contributed by atoms with Gasteiger partial charge in [0, 0.05) is 18.5 Å². The van der Waals surface area contributed by atoms with E-state index in [1.807, 2.05) is 12.1 Å². The topological polar surface area (TPSA) is 66.4 Å². The van der Waals surface area contributed by atoms with E-state index in [1.54, 1.807) is 0 Å². The Morgan fingerprint density at radius 2 is 1.61 bits per heavy atom. The van der Waals surface area contributed by atoms with Crippen LogP contribution in [0.2, 0.25) is 0 Å². The first kappa shape index (κ1) is 19.4. The molecule has 0 aromatic heterocycles. The van der Waals surface area contributed by atoms with Gasteiger partial charge < -0.3 is 10.4 Å². The zero-order valence-electron chi connectivity index (χ0n) is 14.3. The fourth-order valence-electron chi connectivity index (χ4n) is 2.46. The predicted octanol–water partition coefficient (Wildman–Crippen LogP) is 3.73. The van der Waals surface area contributed by atoms with Gasteiger partial charge >= 0.3 is 0 Å². The second kappa shape index (κ2) is 10.9. The molecule has 0 fully saturated rings. The van der Waals surface area contributed by atoms with Crippen LogP contribution in [0.1, 0.15) is 57.9 Å². The van der Waals surface area contributed by atoms with E-state index >= 15 is 0 Å². The summed E-state index contributed by atoms with van der Waals surface area (Å²) in [7, 11) is 0. The standard InChI is InChI=1S/C19H29NO3/c1-15(2)13-16-9-11-17(12-10-16)20-19(23)8-6-4-3-5-7-18(22)14-21/h9-12,15,21H,3-8,13-14H2,1-2H3,(H,20,23). The van der Waals surface area contributed by atoms with Crippen molar-refractivity contribution in [1.29, 1.82) is 0 Å². The molecule has 23 heavy (non-hydrogen) atoms. The van der Waals surface area contributed by atoms with Gasteiger partial charge in [-0.3, -0.25) is 9.59 Å². The highest BCUT2D eigenvalue weighted by atomic mass is 16.3. The molecule has 0 saturated heterocycles. The Morgan fingerprint density at radius 3 is 2.17 bits per heavy atom. The first-order valence-corrected chi connectivity index (χ1v) is 8.52. The van der Waals surface area contributed by atoms with Crippen molar-refractivity contribution in [3.05, 3.63) is 29.8 Å². The van der Waals surface area contributed by atoms with Crippen LogP contribution in [0.5, 0.6) is 0 Å². The summed E-state index contributed by atoms with van der Waals surface area (Å²) in [6.07, 6.45) is 5.45. The third kappa shape index (κ3) is 9.14. The molecule has 128 valence electrons. The molecule has 1 aromatic carbocycles. The van der Waals surface area contributed by atoms with E-state index in [0.29, 0.717) is 18.8 Å². The molecule has 1 rings (SSSR count). The second-order valence-corrected chi connectivity index (χ2v) is 6.45. The summed E-state index contributed by atoms with van der Waals surface area (Å²) in [5, 5.41) is 11.5. The van der Waals surface area contributed by atoms with Crippen molar-refractivity contribution >= 4 is 17.4 Å². The van der Waals surface area contributed by atoms with Crippen molar-refractivity contribution in [1.82, 2.24) is 0 Å². The first-order chi connectivity index (χ1) is 11.0. The quantitative estimate of drug-likeness (QED) is 0.611. The number of carbonyl (C=O) groups is 2. The van der Waals surface area contributed by atoms with E-state index < -0.39 is 0 Å². The van der Waals surface area contributed by atoms with E-state index in [1.165, 1.54) is 5.56 Å². The fraction of sp³-hybridized carbons (Fsp3) is 0.579. The second-order valence-electron chi connectivity index (χ2n) is 6.45. The van der Waals surface area contributed by atoms with Gasteiger partial charge in [0.1, 0.15) is 6.61 Å². The number of carbonyl (C=O) groups excluding carboxylic acids is 2. The van der Waals surface area contributed by atoms with Crippen molar-refractivity contribution < 1.29 is 14.7 Å². The lowest BCUT2D eigenvalue weighted by molar-refractivity contribution is -0.122. The van der Waals surface area contributed by atoms with Gasteiger partial charge in [-0.15, -0.1) is 0 Å². The summed E-state index contributed by atoms with van der Waals surface area (Å²) in [5.74, 6) is 0.555. The molecule has 0 saturated carbocycles. The molecule has 0 bridgehead atoms. The highest BCUT2D eigenvalue weighted by molar-refractivity contribution is 5.90. The monoisotopic (exact) mass is 319 g/mol. The third-order valence-electron chi connectivity index (χ3n) is 3.67. The molecule has 0 aliphatic heterocycles. The molecule has 0 aliphatic rings. The van der Waals surface area contributed by atoms with Gasteiger partial charge in [0.05, 0.1) is 0 Å². The summed E-state index contributed by atoms with van der Waals surface area (Å²) in [5.41, 5.74) is 2.13. The molecule has 0 aliphatic carbocycles. The number of amides is 1. The van der Waals surface area contributed by atoms with Crippen molar-refractivity contribution in [3.8, 4) is 0 Å². The van der Waals surface area contributed by atoms with Crippen LogP contribution in [0.15, 0.2) is 24.3 Å². The number of aliphatic hydroxyl groups excluding tert-OH is 1. The average molecular weight is 319 g/mol. The van der Waals surface area contributed by atoms with E-state index in [9.17, 15) is 9.59 Å². The Labute approximate surface area is 139 Å². The number of aliphatic hydroxyl groups is 1. The minimum absolute atomic E-state index is 0.0352. The molecule has 0 atom stereocenters. The predicted molar refractivity (Wildman–Crippen MR) is 93.4 cm³/mol. The van der Waals surface area contributed by atoms with Crippen molar-refractivity contribution in [2.45, 2.75) is 58.8 Å². The highest BCUT2D eigenvalue weighted by Crippen LogP contribution is 2.14. The average Bonchev–Trinajstić information content (AvgIpc) is 2.51. The molecule has 0 heterocycles. The molecule has 4 nitrogen and oxygen atoms in total. The van der Waals surface area contributed by atoms with Crippen molar-refractivity contribution in [3.63, 3.8) is 0 Å². The number of nitrogens with one attached hydrogen (secondary N) is 1. The Balaban J connectivity index is 2.17. The number of unbranched alkanes of at least 4 members (excludes halogenated alkanes) is 3. The number of ketones is 1. The molecular formula is C19H29NO3. The number of hydrogen-bond donors (Lipinski definition) is 2. The molecule has 0 radical (unpaired) electrons. The Morgan fingerprint density at radius 1 is 1.00 bits per heavy atom. The first-order valence-electron chi connectivity index (χ1n) is 8.52. The number of anilines is 1. The number of Topliss-reactive ketones (excluding diaryl/α,β-unsaturated/α-hetero) is 1. The number of rotatable bonds is 11. The van der Waals surface area contributed by atoms with Gasteiger partial charge in [-0.25, -0.2) is 0 Å². The van der Waals surface area contributed by atoms with Gasteiger partial charge in [-0.1, -0.05) is 38.8 Å². The smallest absolute Gasteiger partial charge is 0.224 e. The van der Waals surface area contributed by atoms with Crippen LogP contribution in [0.4, 0.5) is 5.69 Å². The lowest BCUT2D eigenvalue weighted by Gasteiger charge is -2.08. The van der Waals surface area contributed by atoms with Crippen LogP contribution >= 0.6 is 0 Å². The summed E-state index contributed by atoms with van der Waals surface area (Å²) in [4.78, 5) is 22.8. The lowest BCUT2D eigenvalue weighted by atomic mass is 10.0. The van der Waals surface area contributed by atoms with Crippen LogP contribution in [0.25, 0.3) is 0 Å². The Hall–Kier alpha value is -1.68. The number of benzene rings is 1. The van der Waals surface area contributed by atoms with Gasteiger partial charge in [0.2, 0.25) is 5.91 Å². The van der Waals surface area contributed by atoms with Gasteiger partial charge in [0.15, 0.2) is 5.78 Å². The maximum Gasteiger partial charge on any atom is 0.224 e. The molecular weight excluding hydrogens is 290 g/mol. The third-order valence-corrected chi connectivity index (χ3v) is 3.67. The fourth-order valence-corrected chi connectivity index (χ4v) is 2.46. The molecule has 1 aromatic rings. The zero-order chi connectivity index (χ0) is 17.1. The SMILES string of the molecule is CC(C)Cc1ccc(NC(=O)CCCCCCC(=O)CO)cc1. The zero-order valence-corrected chi connectivity index (χ0v) is 14.3. The van der Waals surface area contributed by atoms with Crippen LogP contribution in [0.3, 0.4) is 0 Å². The minimum atomic E-state index is -0.363. The summed E-state index contributed by atoms with van der Waals surface area (Å²) >= 11 is 0. The molecule has 1 amide bonds. The lowest BCUT2D eigenvalue weighted by Crippen LogP contribution is -2.11. The highest BCUT2D eigenvalue weighted by Gasteiger charge is 2.04. The van der Waals surface area contributed by atoms with Gasteiger partial charge in [-0.05, 0) is 42.9 Å². The van der Waals surface area contributed by atoms with Crippen LogP contribution in [-0.2, 0) is 16.0 Å². The molecule has 0 spiro atoms. The maximum atomic E-state index is 11.9. The normalized spacial score (nSPS) is 10.8. The van der Waals surface area contributed by atoms with Crippen molar-refractivity contribution in [2.24, 2.45) is 5.92 Å². The summed E-state index contributed by atoms with van der Waals surface area (Å²) in [6.45, 7) is 4.02. The summed E-state index contributed by atoms with van der Waals surface area (Å²) in [6, 6.07) is 8.04. The van der Waals surface area contributed by atoms with E-state index in [0.717, 1.165) is 37.8 Å². The van der Waals surface area contributed by atoms with E-state index in [2.05, 4.69) is 31.3 Å². The minimum Gasteiger partial charge on any atom is -0.389 e. The van der Waals surface area contributed by atoms with E-state index in [-0.39, 0.29) is 18.3 Å². The molecule has 0 unspecified atom stereocenters. The van der Waals surface area contributed by atoms with Crippen LogP contribution in [0, 0.1) is 5.92 Å². The number of hydrogen-bond acceptors (Lipinski definition) is 3. The van der Waals surface area contributed by atoms with Crippen molar-refractivity contribution in [2.75, 3.05) is 11.9 Å². The molecule has 2 N–H and O–H groups in total. The van der Waals surface area contributed by atoms with Gasteiger partial charge in [-0.2, -0.15) is 0 Å². The largest absolute Gasteiger partial charge is 0.389 e. The Kier molecular flexibility index (Phi) is 9.22. The Bertz CT molecular complexity index is 480. The summed E-state index contributed by atoms with van der Waals surface area (Å²) < 4.78 is 0. The van der Waals surface area contributed by atoms with Crippen LogP contribution in [-0.4, -0.2) is 23.4 Å². The maximum absolute atomic E-state index is 11.9. The van der Waals surface area contributed by atoms with Crippen LogP contribution < -0.4 is 5.32 Å². The van der Waals surface area contributed by atoms with Gasteiger partial charge in [0.25, 0.3) is 0 Å².